The van der Waals surface area contributed by atoms with Crippen LogP contribution in [0.1, 0.15) is 24.3 Å². The molecule has 0 aliphatic heterocycles. The molecule has 0 bridgehead atoms. The Bertz CT molecular complexity index is 639. The molecule has 2 N–H and O–H groups in total. The van der Waals surface area contributed by atoms with Gasteiger partial charge in [-0.25, -0.2) is 14.8 Å². The molecule has 6 heteroatoms. The zero-order chi connectivity index (χ0) is 15.4. The van der Waals surface area contributed by atoms with E-state index in [9.17, 15) is 4.79 Å². The van der Waals surface area contributed by atoms with Crippen LogP contribution >= 0.6 is 0 Å². The van der Waals surface area contributed by atoms with Crippen molar-refractivity contribution in [3.63, 3.8) is 0 Å². The second-order valence-electron chi connectivity index (χ2n) is 4.71. The van der Waals surface area contributed by atoms with Crippen LogP contribution in [0.15, 0.2) is 30.3 Å². The molecule has 0 fully saturated rings. The Labute approximate surface area is 122 Å². The van der Waals surface area contributed by atoms with Crippen molar-refractivity contribution >= 4 is 11.8 Å². The summed E-state index contributed by atoms with van der Waals surface area (Å²) in [5.74, 6) is 0.474. The van der Waals surface area contributed by atoms with Gasteiger partial charge in [-0.15, -0.1) is 0 Å². The predicted octanol–water partition coefficient (Wildman–Crippen LogP) is 2.67. The zero-order valence-electron chi connectivity index (χ0n) is 12.1. The minimum atomic E-state index is -1.09. The third-order valence-corrected chi connectivity index (χ3v) is 2.69. The molecule has 2 rings (SSSR count). The van der Waals surface area contributed by atoms with Gasteiger partial charge in [0.05, 0.1) is 6.10 Å². The summed E-state index contributed by atoms with van der Waals surface area (Å²) in [7, 11) is 1.68. The van der Waals surface area contributed by atoms with E-state index in [2.05, 4.69) is 15.3 Å². The number of hydrogen-bond donors (Lipinski definition) is 2. The third-order valence-electron chi connectivity index (χ3n) is 2.69. The zero-order valence-corrected chi connectivity index (χ0v) is 12.1. The minimum absolute atomic E-state index is 0.0492. The second kappa shape index (κ2) is 6.21. The lowest BCUT2D eigenvalue weighted by Crippen LogP contribution is -2.06. The number of rotatable bonds is 5. The van der Waals surface area contributed by atoms with Crippen LogP contribution < -0.4 is 10.1 Å². The van der Waals surface area contributed by atoms with Crippen molar-refractivity contribution in [2.45, 2.75) is 20.0 Å². The first-order chi connectivity index (χ1) is 9.99. The van der Waals surface area contributed by atoms with Crippen LogP contribution in [-0.2, 0) is 0 Å². The number of nitrogens with zero attached hydrogens (tertiary/aromatic N) is 2. The Balaban J connectivity index is 2.36. The average Bonchev–Trinajstić information content (AvgIpc) is 2.46. The van der Waals surface area contributed by atoms with E-state index in [0.717, 1.165) is 11.3 Å². The summed E-state index contributed by atoms with van der Waals surface area (Å²) in [6.45, 7) is 3.90. The molecule has 0 amide bonds. The first-order valence-electron chi connectivity index (χ1n) is 6.57. The highest BCUT2D eigenvalue weighted by Crippen LogP contribution is 2.22. The number of benzene rings is 1. The van der Waals surface area contributed by atoms with Crippen molar-refractivity contribution < 1.29 is 14.6 Å². The lowest BCUT2D eigenvalue weighted by Gasteiger charge is -2.10. The number of anilines is 1. The average molecular weight is 287 g/mol. The van der Waals surface area contributed by atoms with E-state index >= 15 is 0 Å². The Kier molecular flexibility index (Phi) is 4.37. The molecule has 0 spiro atoms. The highest BCUT2D eigenvalue weighted by Gasteiger charge is 2.11. The van der Waals surface area contributed by atoms with Gasteiger partial charge in [0.25, 0.3) is 0 Å². The smallest absolute Gasteiger partial charge is 0.354 e. The van der Waals surface area contributed by atoms with Gasteiger partial charge in [-0.3, -0.25) is 0 Å². The molecule has 0 saturated heterocycles. The van der Waals surface area contributed by atoms with E-state index in [0.29, 0.717) is 11.6 Å². The fraction of sp³-hybridized carbons (Fsp3) is 0.267. The van der Waals surface area contributed by atoms with E-state index in [4.69, 9.17) is 9.84 Å². The number of carboxylic acids is 1. The monoisotopic (exact) mass is 287 g/mol. The van der Waals surface area contributed by atoms with Crippen molar-refractivity contribution in [3.05, 3.63) is 36.0 Å². The van der Waals surface area contributed by atoms with Crippen LogP contribution in [-0.4, -0.2) is 34.2 Å². The minimum Gasteiger partial charge on any atom is -0.491 e. The summed E-state index contributed by atoms with van der Waals surface area (Å²) in [5, 5.41) is 11.9. The van der Waals surface area contributed by atoms with Crippen LogP contribution in [0.3, 0.4) is 0 Å². The molecule has 0 unspecified atom stereocenters. The van der Waals surface area contributed by atoms with Gasteiger partial charge in [0.2, 0.25) is 0 Å². The Hall–Kier alpha value is -2.63. The standard InChI is InChI=1S/C15H17N3O3/c1-9(2)21-11-6-4-10(5-7-11)14-17-12(15(19)20)8-13(16-3)18-14/h4-9H,1-3H3,(H,19,20)(H,16,17,18). The molecule has 110 valence electrons. The van der Waals surface area contributed by atoms with Gasteiger partial charge >= 0.3 is 5.97 Å². The Morgan fingerprint density at radius 1 is 1.24 bits per heavy atom. The summed E-state index contributed by atoms with van der Waals surface area (Å²) in [6, 6.07) is 8.62. The number of aromatic carboxylic acids is 1. The molecule has 6 nitrogen and oxygen atoms in total. The number of carbonyl (C=O) groups is 1. The van der Waals surface area contributed by atoms with E-state index in [-0.39, 0.29) is 11.8 Å². The van der Waals surface area contributed by atoms with E-state index in [1.54, 1.807) is 19.2 Å². The summed E-state index contributed by atoms with van der Waals surface area (Å²) >= 11 is 0. The maximum absolute atomic E-state index is 11.1. The lowest BCUT2D eigenvalue weighted by atomic mass is 10.2. The summed E-state index contributed by atoms with van der Waals surface area (Å²) in [4.78, 5) is 19.4. The summed E-state index contributed by atoms with van der Waals surface area (Å²) in [6.07, 6.45) is 0.0957. The van der Waals surface area contributed by atoms with Gasteiger partial charge in [0, 0.05) is 18.7 Å². The van der Waals surface area contributed by atoms with Crippen molar-refractivity contribution in [3.8, 4) is 17.1 Å². The van der Waals surface area contributed by atoms with Crippen molar-refractivity contribution in [2.24, 2.45) is 0 Å². The Morgan fingerprint density at radius 3 is 2.43 bits per heavy atom. The number of ether oxygens (including phenoxy) is 1. The molecule has 0 radical (unpaired) electrons. The van der Waals surface area contributed by atoms with Crippen LogP contribution in [0.2, 0.25) is 0 Å². The van der Waals surface area contributed by atoms with Crippen LogP contribution in [0.5, 0.6) is 5.75 Å². The van der Waals surface area contributed by atoms with Crippen molar-refractivity contribution in [1.29, 1.82) is 0 Å². The molecular weight excluding hydrogens is 270 g/mol. The first-order valence-corrected chi connectivity index (χ1v) is 6.57. The van der Waals surface area contributed by atoms with Crippen LogP contribution in [0.4, 0.5) is 5.82 Å². The normalized spacial score (nSPS) is 10.5. The van der Waals surface area contributed by atoms with Crippen LogP contribution in [0, 0.1) is 0 Å². The highest BCUT2D eigenvalue weighted by molar-refractivity contribution is 5.87. The van der Waals surface area contributed by atoms with Gasteiger partial charge in [-0.05, 0) is 38.1 Å². The van der Waals surface area contributed by atoms with Gasteiger partial charge in [-0.2, -0.15) is 0 Å². The Morgan fingerprint density at radius 2 is 1.90 bits per heavy atom. The van der Waals surface area contributed by atoms with Gasteiger partial charge in [0.1, 0.15) is 11.6 Å². The third kappa shape index (κ3) is 3.68. The molecule has 1 aromatic heterocycles. The molecule has 21 heavy (non-hydrogen) atoms. The van der Waals surface area contributed by atoms with Gasteiger partial charge in [-0.1, -0.05) is 0 Å². The molecule has 1 aromatic carbocycles. The summed E-state index contributed by atoms with van der Waals surface area (Å²) < 4.78 is 5.56. The fourth-order valence-corrected chi connectivity index (χ4v) is 1.77. The molecule has 0 aliphatic carbocycles. The SMILES string of the molecule is CNc1cc(C(=O)O)nc(-c2ccc(OC(C)C)cc2)n1. The van der Waals surface area contributed by atoms with Crippen LogP contribution in [0.25, 0.3) is 11.4 Å². The topological polar surface area (TPSA) is 84.3 Å². The molecular formula is C15H17N3O3. The van der Waals surface area contributed by atoms with Crippen molar-refractivity contribution in [2.75, 3.05) is 12.4 Å². The number of aromatic nitrogens is 2. The molecule has 0 aliphatic rings. The molecule has 0 atom stereocenters. The van der Waals surface area contributed by atoms with E-state index < -0.39 is 5.97 Å². The summed E-state index contributed by atoms with van der Waals surface area (Å²) in [5.41, 5.74) is 0.678. The number of hydrogen-bond acceptors (Lipinski definition) is 5. The first kappa shape index (κ1) is 14.8. The largest absolute Gasteiger partial charge is 0.491 e. The van der Waals surface area contributed by atoms with E-state index in [1.165, 1.54) is 6.07 Å². The number of nitrogens with one attached hydrogen (secondary N) is 1. The molecule has 2 aromatic rings. The second-order valence-corrected chi connectivity index (χ2v) is 4.71. The van der Waals surface area contributed by atoms with Gasteiger partial charge in [0.15, 0.2) is 11.5 Å². The maximum atomic E-state index is 11.1. The molecule has 0 saturated carbocycles. The quantitative estimate of drug-likeness (QED) is 0.879. The van der Waals surface area contributed by atoms with E-state index in [1.807, 2.05) is 26.0 Å². The molecule has 1 heterocycles. The highest BCUT2D eigenvalue weighted by atomic mass is 16.5. The van der Waals surface area contributed by atoms with Gasteiger partial charge < -0.3 is 15.2 Å². The lowest BCUT2D eigenvalue weighted by molar-refractivity contribution is 0.0690. The maximum Gasteiger partial charge on any atom is 0.354 e. The number of carboxylic acid groups (broad SMARTS) is 1. The van der Waals surface area contributed by atoms with Crippen molar-refractivity contribution in [1.82, 2.24) is 9.97 Å². The fourth-order valence-electron chi connectivity index (χ4n) is 1.77. The predicted molar refractivity (Wildman–Crippen MR) is 79.7 cm³/mol.